The molecule has 2 rings (SSSR count). The third-order valence-electron chi connectivity index (χ3n) is 2.81. The minimum atomic E-state index is -0.850. The molecule has 0 aliphatic carbocycles. The van der Waals surface area contributed by atoms with E-state index in [0.29, 0.717) is 18.7 Å². The number of nitro benzene ring substituents is 1. The van der Waals surface area contributed by atoms with Gasteiger partial charge in [0.15, 0.2) is 0 Å². The van der Waals surface area contributed by atoms with E-state index in [-0.39, 0.29) is 12.1 Å². The van der Waals surface area contributed by atoms with Crippen molar-refractivity contribution in [1.82, 2.24) is 9.97 Å². The molecule has 7 heteroatoms. The number of aryl methyl sites for hydroxylation is 1. The molecule has 0 aliphatic rings. The highest BCUT2D eigenvalue weighted by Gasteiger charge is 2.07. The summed E-state index contributed by atoms with van der Waals surface area (Å²) in [6, 6.07) is 6.25. The summed E-state index contributed by atoms with van der Waals surface area (Å²) in [7, 11) is 0. The molecule has 20 heavy (non-hydrogen) atoms. The van der Waals surface area contributed by atoms with Gasteiger partial charge in [-0.2, -0.15) is 0 Å². The van der Waals surface area contributed by atoms with E-state index < -0.39 is 10.9 Å². The zero-order valence-corrected chi connectivity index (χ0v) is 10.6. The number of nitrogens with zero attached hydrogens (tertiary/aromatic N) is 2. The third kappa shape index (κ3) is 3.64. The zero-order valence-electron chi connectivity index (χ0n) is 10.6. The zero-order chi connectivity index (χ0) is 14.5. The number of aliphatic carboxylic acids is 1. The van der Waals surface area contributed by atoms with Gasteiger partial charge in [0.2, 0.25) is 0 Å². The summed E-state index contributed by atoms with van der Waals surface area (Å²) in [5.41, 5.74) is 1.72. The minimum Gasteiger partial charge on any atom is -0.481 e. The molecular weight excluding hydrogens is 262 g/mol. The number of carboxylic acids is 1. The molecule has 1 aromatic carbocycles. The molecule has 0 aliphatic heterocycles. The minimum absolute atomic E-state index is 0.0512. The Morgan fingerprint density at radius 2 is 2.05 bits per heavy atom. The first kappa shape index (κ1) is 13.7. The van der Waals surface area contributed by atoms with Crippen molar-refractivity contribution < 1.29 is 14.8 Å². The second-order valence-electron chi connectivity index (χ2n) is 4.35. The quantitative estimate of drug-likeness (QED) is 0.618. The van der Waals surface area contributed by atoms with Crippen LogP contribution < -0.4 is 0 Å². The number of carboxylic acid groups (broad SMARTS) is 1. The van der Waals surface area contributed by atoms with Crippen LogP contribution in [0.15, 0.2) is 30.5 Å². The average Bonchev–Trinajstić information content (AvgIpc) is 2.84. The Kier molecular flexibility index (Phi) is 4.09. The second-order valence-corrected chi connectivity index (χ2v) is 4.35. The number of benzene rings is 1. The SMILES string of the molecule is O=C(O)CCc1cnc(Cc2ccc([N+](=O)[O-])cc2)[nH]1. The van der Waals surface area contributed by atoms with Crippen molar-refractivity contribution >= 4 is 11.7 Å². The molecule has 2 N–H and O–H groups in total. The molecule has 1 heterocycles. The predicted molar refractivity (Wildman–Crippen MR) is 70.4 cm³/mol. The van der Waals surface area contributed by atoms with Gasteiger partial charge in [0.25, 0.3) is 5.69 Å². The molecule has 0 bridgehead atoms. The number of hydrogen-bond acceptors (Lipinski definition) is 4. The van der Waals surface area contributed by atoms with Crippen molar-refractivity contribution in [2.24, 2.45) is 0 Å². The van der Waals surface area contributed by atoms with Crippen molar-refractivity contribution in [2.45, 2.75) is 19.3 Å². The molecule has 104 valence electrons. The normalized spacial score (nSPS) is 10.4. The van der Waals surface area contributed by atoms with E-state index in [2.05, 4.69) is 9.97 Å². The van der Waals surface area contributed by atoms with Crippen LogP contribution in [0.1, 0.15) is 23.5 Å². The first-order chi connectivity index (χ1) is 9.54. The van der Waals surface area contributed by atoms with Gasteiger partial charge in [-0.3, -0.25) is 14.9 Å². The second kappa shape index (κ2) is 5.96. The maximum Gasteiger partial charge on any atom is 0.303 e. The van der Waals surface area contributed by atoms with Gasteiger partial charge < -0.3 is 10.1 Å². The van der Waals surface area contributed by atoms with Gasteiger partial charge in [-0.05, 0) is 12.0 Å². The van der Waals surface area contributed by atoms with Gasteiger partial charge in [0, 0.05) is 30.4 Å². The summed E-state index contributed by atoms with van der Waals surface area (Å²) in [4.78, 5) is 27.8. The summed E-state index contributed by atoms with van der Waals surface area (Å²) < 4.78 is 0. The molecule has 2 aromatic rings. The number of H-pyrrole nitrogens is 1. The van der Waals surface area contributed by atoms with Gasteiger partial charge in [-0.15, -0.1) is 0 Å². The van der Waals surface area contributed by atoms with Crippen LogP contribution in [0.4, 0.5) is 5.69 Å². The lowest BCUT2D eigenvalue weighted by Crippen LogP contribution is -1.98. The maximum atomic E-state index is 10.5. The largest absolute Gasteiger partial charge is 0.481 e. The van der Waals surface area contributed by atoms with E-state index in [9.17, 15) is 14.9 Å². The maximum absolute atomic E-state index is 10.5. The van der Waals surface area contributed by atoms with Crippen LogP contribution in [-0.4, -0.2) is 26.0 Å². The van der Waals surface area contributed by atoms with Gasteiger partial charge >= 0.3 is 5.97 Å². The molecule has 0 unspecified atom stereocenters. The Morgan fingerprint density at radius 1 is 1.35 bits per heavy atom. The molecule has 0 saturated heterocycles. The Hall–Kier alpha value is -2.70. The van der Waals surface area contributed by atoms with Crippen molar-refractivity contribution in [3.05, 3.63) is 57.7 Å². The lowest BCUT2D eigenvalue weighted by molar-refractivity contribution is -0.384. The molecule has 0 radical (unpaired) electrons. The standard InChI is InChI=1S/C13H13N3O4/c17-13(18)6-3-10-8-14-12(15-10)7-9-1-4-11(5-2-9)16(19)20/h1-2,4-5,8H,3,6-7H2,(H,14,15)(H,17,18). The van der Waals surface area contributed by atoms with Crippen molar-refractivity contribution in [3.63, 3.8) is 0 Å². The summed E-state index contributed by atoms with van der Waals surface area (Å²) in [5.74, 6) is -0.143. The van der Waals surface area contributed by atoms with Crippen molar-refractivity contribution in [1.29, 1.82) is 0 Å². The number of non-ortho nitro benzene ring substituents is 1. The molecule has 0 saturated carbocycles. The molecule has 0 amide bonds. The van der Waals surface area contributed by atoms with E-state index in [4.69, 9.17) is 5.11 Å². The van der Waals surface area contributed by atoms with Crippen LogP contribution in [-0.2, 0) is 17.6 Å². The number of imidazole rings is 1. The van der Waals surface area contributed by atoms with E-state index in [1.54, 1.807) is 18.3 Å². The summed E-state index contributed by atoms with van der Waals surface area (Å²) >= 11 is 0. The van der Waals surface area contributed by atoms with Crippen LogP contribution in [0, 0.1) is 10.1 Å². The fourth-order valence-electron chi connectivity index (χ4n) is 1.79. The fourth-order valence-corrected chi connectivity index (χ4v) is 1.79. The summed E-state index contributed by atoms with van der Waals surface area (Å²) in [5, 5.41) is 19.1. The highest BCUT2D eigenvalue weighted by molar-refractivity contribution is 5.66. The molecule has 1 aromatic heterocycles. The van der Waals surface area contributed by atoms with Crippen LogP contribution in [0.5, 0.6) is 0 Å². The van der Waals surface area contributed by atoms with E-state index >= 15 is 0 Å². The Bertz CT molecular complexity index is 619. The molecule has 0 atom stereocenters. The number of rotatable bonds is 6. The van der Waals surface area contributed by atoms with Gasteiger partial charge in [-0.25, -0.2) is 4.98 Å². The predicted octanol–water partition coefficient (Wildman–Crippen LogP) is 1.93. The number of nitro groups is 1. The molecule has 7 nitrogen and oxygen atoms in total. The van der Waals surface area contributed by atoms with Crippen molar-refractivity contribution in [2.75, 3.05) is 0 Å². The lowest BCUT2D eigenvalue weighted by Gasteiger charge is -1.98. The van der Waals surface area contributed by atoms with Gasteiger partial charge in [0.1, 0.15) is 5.82 Å². The van der Waals surface area contributed by atoms with Gasteiger partial charge in [-0.1, -0.05) is 12.1 Å². The highest BCUT2D eigenvalue weighted by atomic mass is 16.6. The Morgan fingerprint density at radius 3 is 2.65 bits per heavy atom. The highest BCUT2D eigenvalue weighted by Crippen LogP contribution is 2.14. The van der Waals surface area contributed by atoms with E-state index in [0.717, 1.165) is 11.3 Å². The van der Waals surface area contributed by atoms with Crippen LogP contribution in [0.2, 0.25) is 0 Å². The topological polar surface area (TPSA) is 109 Å². The summed E-state index contributed by atoms with van der Waals surface area (Å²) in [6.45, 7) is 0. The smallest absolute Gasteiger partial charge is 0.303 e. The molecule has 0 fully saturated rings. The van der Waals surface area contributed by atoms with Crippen LogP contribution in [0.3, 0.4) is 0 Å². The summed E-state index contributed by atoms with van der Waals surface area (Å²) in [6.07, 6.45) is 2.59. The number of aromatic amines is 1. The Labute approximate surface area is 114 Å². The fraction of sp³-hybridized carbons (Fsp3) is 0.231. The average molecular weight is 275 g/mol. The van der Waals surface area contributed by atoms with Crippen LogP contribution in [0.25, 0.3) is 0 Å². The monoisotopic (exact) mass is 275 g/mol. The number of nitrogens with one attached hydrogen (secondary N) is 1. The number of aromatic nitrogens is 2. The first-order valence-electron chi connectivity index (χ1n) is 6.02. The van der Waals surface area contributed by atoms with Crippen molar-refractivity contribution in [3.8, 4) is 0 Å². The number of carbonyl (C=O) groups is 1. The van der Waals surface area contributed by atoms with E-state index in [1.807, 2.05) is 0 Å². The molecular formula is C13H13N3O4. The van der Waals surface area contributed by atoms with Crippen LogP contribution >= 0.6 is 0 Å². The Balaban J connectivity index is 1.99. The first-order valence-corrected chi connectivity index (χ1v) is 6.02. The van der Waals surface area contributed by atoms with E-state index in [1.165, 1.54) is 12.1 Å². The lowest BCUT2D eigenvalue weighted by atomic mass is 10.1. The van der Waals surface area contributed by atoms with Gasteiger partial charge in [0.05, 0.1) is 11.3 Å². The third-order valence-corrected chi connectivity index (χ3v) is 2.81. The number of hydrogen-bond donors (Lipinski definition) is 2. The molecule has 0 spiro atoms.